The van der Waals surface area contributed by atoms with Crippen molar-refractivity contribution in [3.63, 3.8) is 0 Å². The molecule has 7 heteroatoms. The zero-order valence-electron chi connectivity index (χ0n) is 13.7. The van der Waals surface area contributed by atoms with E-state index in [1.54, 1.807) is 19.3 Å². The molecule has 0 aliphatic heterocycles. The molecule has 0 aliphatic rings. The number of rotatable bonds is 4. The highest BCUT2D eigenvalue weighted by Gasteiger charge is 2.31. The first-order chi connectivity index (χ1) is 11.8. The lowest BCUT2D eigenvalue weighted by Crippen LogP contribution is -2.04. The van der Waals surface area contributed by atoms with Gasteiger partial charge >= 0.3 is 6.18 Å². The molecule has 0 aliphatic carbocycles. The van der Waals surface area contributed by atoms with Crippen LogP contribution in [-0.2, 0) is 12.7 Å². The number of aryl methyl sites for hydroxylation is 1. The van der Waals surface area contributed by atoms with Gasteiger partial charge in [-0.1, -0.05) is 12.1 Å². The Labute approximate surface area is 142 Å². The van der Waals surface area contributed by atoms with Crippen molar-refractivity contribution in [2.75, 3.05) is 12.4 Å². The van der Waals surface area contributed by atoms with Gasteiger partial charge in [0, 0.05) is 31.5 Å². The lowest BCUT2D eigenvalue weighted by molar-refractivity contribution is -0.137. The van der Waals surface area contributed by atoms with Crippen molar-refractivity contribution in [2.24, 2.45) is 0 Å². The third-order valence-electron chi connectivity index (χ3n) is 3.97. The summed E-state index contributed by atoms with van der Waals surface area (Å²) in [7, 11) is 1.58. The summed E-state index contributed by atoms with van der Waals surface area (Å²) in [6, 6.07) is 6.56. The van der Waals surface area contributed by atoms with Crippen LogP contribution in [0.1, 0.15) is 12.5 Å². The van der Waals surface area contributed by atoms with E-state index in [2.05, 4.69) is 5.32 Å². The second-order valence-corrected chi connectivity index (χ2v) is 5.54. The molecule has 3 aromatic rings. The van der Waals surface area contributed by atoms with E-state index in [0.29, 0.717) is 5.56 Å². The number of benzene rings is 1. The predicted octanol–water partition coefficient (Wildman–Crippen LogP) is 5.20. The number of furan rings is 1. The fourth-order valence-electron chi connectivity index (χ4n) is 2.68. The van der Waals surface area contributed by atoms with Crippen LogP contribution in [0.15, 0.2) is 47.1 Å². The van der Waals surface area contributed by atoms with E-state index in [4.69, 9.17) is 4.42 Å². The van der Waals surface area contributed by atoms with Crippen molar-refractivity contribution >= 4 is 5.88 Å². The average molecular weight is 350 g/mol. The monoisotopic (exact) mass is 350 g/mol. The van der Waals surface area contributed by atoms with E-state index in [1.807, 2.05) is 17.7 Å². The van der Waals surface area contributed by atoms with Gasteiger partial charge < -0.3 is 19.4 Å². The first-order valence-corrected chi connectivity index (χ1v) is 7.72. The predicted molar refractivity (Wildman–Crippen MR) is 89.5 cm³/mol. The molecule has 1 aromatic carbocycles. The normalized spacial score (nSPS) is 11.7. The molecule has 2 heterocycles. The largest absolute Gasteiger partial charge is 0.504 e. The van der Waals surface area contributed by atoms with Crippen LogP contribution in [0.5, 0.6) is 5.75 Å². The zero-order chi connectivity index (χ0) is 18.2. The zero-order valence-corrected chi connectivity index (χ0v) is 13.7. The van der Waals surface area contributed by atoms with E-state index in [9.17, 15) is 18.3 Å². The molecule has 4 nitrogen and oxygen atoms in total. The van der Waals surface area contributed by atoms with Crippen molar-refractivity contribution in [1.29, 1.82) is 0 Å². The Morgan fingerprint density at radius 2 is 1.96 bits per heavy atom. The topological polar surface area (TPSA) is 50.3 Å². The number of aromatic hydroxyl groups is 1. The second kappa shape index (κ2) is 6.23. The maximum absolute atomic E-state index is 13.0. The molecule has 3 rings (SSSR count). The molecule has 0 saturated carbocycles. The summed E-state index contributed by atoms with van der Waals surface area (Å²) in [5.41, 5.74) is 0.287. The number of hydrogen-bond acceptors (Lipinski definition) is 3. The summed E-state index contributed by atoms with van der Waals surface area (Å²) in [6.07, 6.45) is -0.829. The number of anilines is 1. The van der Waals surface area contributed by atoms with Crippen molar-refractivity contribution in [3.05, 3.63) is 48.3 Å². The fraction of sp³-hybridized carbons (Fsp3) is 0.222. The molecule has 132 valence electrons. The molecule has 2 N–H and O–H groups in total. The first kappa shape index (κ1) is 17.0. The highest BCUT2D eigenvalue weighted by atomic mass is 19.4. The van der Waals surface area contributed by atoms with Crippen LogP contribution >= 0.6 is 0 Å². The van der Waals surface area contributed by atoms with E-state index >= 15 is 0 Å². The van der Waals surface area contributed by atoms with Gasteiger partial charge in [0.15, 0.2) is 11.5 Å². The van der Waals surface area contributed by atoms with Crippen molar-refractivity contribution < 1.29 is 22.7 Å². The number of nitrogens with one attached hydrogen (secondary N) is 1. The van der Waals surface area contributed by atoms with Gasteiger partial charge in [-0.3, -0.25) is 0 Å². The maximum atomic E-state index is 13.0. The van der Waals surface area contributed by atoms with Crippen molar-refractivity contribution in [1.82, 2.24) is 4.57 Å². The third kappa shape index (κ3) is 3.09. The average Bonchev–Trinajstić information content (AvgIpc) is 3.18. The lowest BCUT2D eigenvalue weighted by atomic mass is 10.0. The molecular formula is C18H17F3N2O2. The number of aromatic nitrogens is 1. The highest BCUT2D eigenvalue weighted by Crippen LogP contribution is 2.47. The van der Waals surface area contributed by atoms with Gasteiger partial charge in [-0.2, -0.15) is 13.2 Å². The molecule has 0 atom stereocenters. The van der Waals surface area contributed by atoms with Crippen LogP contribution in [0.25, 0.3) is 22.5 Å². The van der Waals surface area contributed by atoms with Gasteiger partial charge in [0.2, 0.25) is 5.88 Å². The Balaban J connectivity index is 2.14. The minimum atomic E-state index is -4.46. The third-order valence-corrected chi connectivity index (χ3v) is 3.97. The SMILES string of the molecule is CCn1ccc(-c2oc(NC)c(-c3cccc(C(F)(F)F)c3)c2O)c1. The van der Waals surface area contributed by atoms with Crippen molar-refractivity contribution in [3.8, 4) is 28.2 Å². The Hall–Kier alpha value is -2.83. The quantitative estimate of drug-likeness (QED) is 0.680. The molecule has 0 saturated heterocycles. The van der Waals surface area contributed by atoms with Crippen LogP contribution in [0.4, 0.5) is 19.1 Å². The van der Waals surface area contributed by atoms with Gasteiger partial charge in [-0.15, -0.1) is 0 Å². The van der Waals surface area contributed by atoms with Gasteiger partial charge in [-0.25, -0.2) is 0 Å². The van der Waals surface area contributed by atoms with E-state index in [0.717, 1.165) is 18.7 Å². The minimum absolute atomic E-state index is 0.197. The Morgan fingerprint density at radius 1 is 1.20 bits per heavy atom. The fourth-order valence-corrected chi connectivity index (χ4v) is 2.68. The van der Waals surface area contributed by atoms with Crippen LogP contribution in [0.3, 0.4) is 0 Å². The van der Waals surface area contributed by atoms with E-state index in [1.165, 1.54) is 12.1 Å². The summed E-state index contributed by atoms with van der Waals surface area (Å²) in [4.78, 5) is 0. The number of halogens is 3. The molecule has 0 fully saturated rings. The van der Waals surface area contributed by atoms with Gasteiger partial charge in [0.05, 0.1) is 11.1 Å². The number of nitrogens with zero attached hydrogens (tertiary/aromatic N) is 1. The summed E-state index contributed by atoms with van der Waals surface area (Å²) in [5, 5.41) is 13.4. The second-order valence-electron chi connectivity index (χ2n) is 5.54. The van der Waals surface area contributed by atoms with Gasteiger partial charge in [0.25, 0.3) is 0 Å². The molecule has 2 aromatic heterocycles. The molecule has 0 radical (unpaired) electrons. The minimum Gasteiger partial charge on any atom is -0.504 e. The van der Waals surface area contributed by atoms with Crippen LogP contribution in [0.2, 0.25) is 0 Å². The first-order valence-electron chi connectivity index (χ1n) is 7.72. The molecule has 0 bridgehead atoms. The summed E-state index contributed by atoms with van der Waals surface area (Å²) in [6.45, 7) is 2.72. The van der Waals surface area contributed by atoms with Crippen molar-refractivity contribution in [2.45, 2.75) is 19.6 Å². The van der Waals surface area contributed by atoms with Crippen LogP contribution in [-0.4, -0.2) is 16.7 Å². The highest BCUT2D eigenvalue weighted by molar-refractivity contribution is 5.87. The molecule has 0 unspecified atom stereocenters. The van der Waals surface area contributed by atoms with Gasteiger partial charge in [0.1, 0.15) is 0 Å². The van der Waals surface area contributed by atoms with Crippen LogP contribution < -0.4 is 5.32 Å². The van der Waals surface area contributed by atoms with Gasteiger partial charge in [-0.05, 0) is 30.7 Å². The standard InChI is InChI=1S/C18H17F3N2O2/c1-3-23-8-7-12(10-23)16-15(24)14(17(22-2)25-16)11-5-4-6-13(9-11)18(19,20)21/h4-10,22,24H,3H2,1-2H3. The summed E-state index contributed by atoms with van der Waals surface area (Å²) >= 11 is 0. The lowest BCUT2D eigenvalue weighted by Gasteiger charge is -2.09. The Bertz CT molecular complexity index is 894. The molecule has 0 spiro atoms. The Morgan fingerprint density at radius 3 is 2.56 bits per heavy atom. The maximum Gasteiger partial charge on any atom is 0.416 e. The number of hydrogen-bond donors (Lipinski definition) is 2. The molecule has 0 amide bonds. The smallest absolute Gasteiger partial charge is 0.416 e. The number of alkyl halides is 3. The molecule has 25 heavy (non-hydrogen) atoms. The summed E-state index contributed by atoms with van der Waals surface area (Å²) < 4.78 is 46.5. The van der Waals surface area contributed by atoms with Crippen LogP contribution in [0, 0.1) is 0 Å². The summed E-state index contributed by atoms with van der Waals surface area (Å²) in [5.74, 6) is 0.220. The molecular weight excluding hydrogens is 333 g/mol. The Kier molecular flexibility index (Phi) is 4.24. The van der Waals surface area contributed by atoms with E-state index < -0.39 is 11.7 Å². The van der Waals surface area contributed by atoms with E-state index in [-0.39, 0.29) is 28.5 Å².